The second-order valence-corrected chi connectivity index (χ2v) is 5.51. The molecule has 2 aromatic carbocycles. The van der Waals surface area contributed by atoms with Crippen LogP contribution >= 0.6 is 0 Å². The highest BCUT2D eigenvalue weighted by Crippen LogP contribution is 2.42. The van der Waals surface area contributed by atoms with Crippen molar-refractivity contribution in [1.29, 1.82) is 0 Å². The monoisotopic (exact) mass is 281 g/mol. The average Bonchev–Trinajstić information content (AvgIpc) is 2.84. The number of nitrogens with zero attached hydrogens (tertiary/aromatic N) is 1. The van der Waals surface area contributed by atoms with Gasteiger partial charge in [-0.1, -0.05) is 30.3 Å². The van der Waals surface area contributed by atoms with Crippen molar-refractivity contribution >= 4 is 11.7 Å². The smallest absolute Gasteiger partial charge is 0.308 e. The van der Waals surface area contributed by atoms with Gasteiger partial charge in [-0.3, -0.25) is 4.79 Å². The van der Waals surface area contributed by atoms with Gasteiger partial charge < -0.3 is 9.64 Å². The highest BCUT2D eigenvalue weighted by Gasteiger charge is 2.24. The molecule has 0 radical (unpaired) electrons. The molecular formula is C18H19NO2. The second-order valence-electron chi connectivity index (χ2n) is 5.51. The summed E-state index contributed by atoms with van der Waals surface area (Å²) in [4.78, 5) is 13.7. The Labute approximate surface area is 125 Å². The predicted molar refractivity (Wildman–Crippen MR) is 84.9 cm³/mol. The first-order valence-electron chi connectivity index (χ1n) is 7.19. The van der Waals surface area contributed by atoms with Crippen LogP contribution in [0.5, 0.6) is 5.75 Å². The van der Waals surface area contributed by atoms with Gasteiger partial charge in [0, 0.05) is 31.8 Å². The average molecular weight is 281 g/mol. The molecule has 0 bridgehead atoms. The number of benzene rings is 2. The highest BCUT2D eigenvalue weighted by molar-refractivity contribution is 5.83. The number of carbonyl (C=O) groups excluding carboxylic acids is 1. The summed E-state index contributed by atoms with van der Waals surface area (Å²) in [5.41, 5.74) is 5.65. The maximum Gasteiger partial charge on any atom is 0.308 e. The molecule has 0 amide bonds. The molecule has 0 spiro atoms. The Morgan fingerprint density at radius 3 is 2.62 bits per heavy atom. The molecule has 2 aromatic rings. The molecule has 0 aromatic heterocycles. The zero-order valence-corrected chi connectivity index (χ0v) is 12.6. The van der Waals surface area contributed by atoms with E-state index in [0.29, 0.717) is 5.75 Å². The van der Waals surface area contributed by atoms with Gasteiger partial charge in [0.2, 0.25) is 0 Å². The minimum absolute atomic E-state index is 0.276. The van der Waals surface area contributed by atoms with Gasteiger partial charge >= 0.3 is 5.97 Å². The number of hydrogen-bond acceptors (Lipinski definition) is 3. The van der Waals surface area contributed by atoms with Crippen LogP contribution in [0.3, 0.4) is 0 Å². The molecule has 0 saturated carbocycles. The van der Waals surface area contributed by atoms with Crippen molar-refractivity contribution in [3.05, 3.63) is 47.5 Å². The van der Waals surface area contributed by atoms with Crippen molar-refractivity contribution in [2.75, 3.05) is 18.5 Å². The number of hydrogen-bond donors (Lipinski definition) is 0. The Bertz CT molecular complexity index is 692. The minimum Gasteiger partial charge on any atom is -0.426 e. The van der Waals surface area contributed by atoms with Gasteiger partial charge in [-0.05, 0) is 36.1 Å². The molecule has 0 unspecified atom stereocenters. The fourth-order valence-corrected chi connectivity index (χ4v) is 2.98. The van der Waals surface area contributed by atoms with Gasteiger partial charge in [0.05, 0.1) is 0 Å². The van der Waals surface area contributed by atoms with Crippen LogP contribution in [0.2, 0.25) is 0 Å². The number of carbonyl (C=O) groups is 1. The van der Waals surface area contributed by atoms with Crippen LogP contribution in [0.15, 0.2) is 36.4 Å². The second kappa shape index (κ2) is 5.24. The Morgan fingerprint density at radius 1 is 1.24 bits per heavy atom. The third-order valence-corrected chi connectivity index (χ3v) is 4.07. The first-order valence-corrected chi connectivity index (χ1v) is 7.19. The van der Waals surface area contributed by atoms with E-state index in [1.165, 1.54) is 18.2 Å². The van der Waals surface area contributed by atoms with Crippen LogP contribution in [0, 0.1) is 6.92 Å². The summed E-state index contributed by atoms with van der Waals surface area (Å²) in [7, 11) is 2.10. The van der Waals surface area contributed by atoms with E-state index >= 15 is 0 Å². The molecule has 0 atom stereocenters. The molecule has 1 heterocycles. The normalized spacial score (nSPS) is 13.2. The van der Waals surface area contributed by atoms with Gasteiger partial charge in [0.25, 0.3) is 0 Å². The molecule has 0 N–H and O–H groups in total. The van der Waals surface area contributed by atoms with Crippen molar-refractivity contribution in [3.63, 3.8) is 0 Å². The molecule has 0 aliphatic carbocycles. The lowest BCUT2D eigenvalue weighted by Gasteiger charge is -2.19. The zero-order valence-electron chi connectivity index (χ0n) is 12.6. The number of esters is 1. The quantitative estimate of drug-likeness (QED) is 0.622. The summed E-state index contributed by atoms with van der Waals surface area (Å²) in [6.45, 7) is 4.50. The van der Waals surface area contributed by atoms with E-state index in [-0.39, 0.29) is 5.97 Å². The molecule has 1 aliphatic rings. The number of anilines is 1. The summed E-state index contributed by atoms with van der Waals surface area (Å²) in [6, 6.07) is 12.2. The Hall–Kier alpha value is -2.29. The van der Waals surface area contributed by atoms with E-state index in [2.05, 4.69) is 18.0 Å². The first-order chi connectivity index (χ1) is 10.1. The van der Waals surface area contributed by atoms with Crippen LogP contribution in [-0.2, 0) is 11.2 Å². The van der Waals surface area contributed by atoms with E-state index in [1.54, 1.807) is 0 Å². The van der Waals surface area contributed by atoms with Crippen LogP contribution in [0.4, 0.5) is 5.69 Å². The van der Waals surface area contributed by atoms with Crippen molar-refractivity contribution in [3.8, 4) is 16.9 Å². The van der Waals surface area contributed by atoms with Gasteiger partial charge in [-0.15, -0.1) is 0 Å². The van der Waals surface area contributed by atoms with Gasteiger partial charge in [0.1, 0.15) is 5.75 Å². The summed E-state index contributed by atoms with van der Waals surface area (Å²) in [5, 5.41) is 0. The highest BCUT2D eigenvalue weighted by atomic mass is 16.5. The van der Waals surface area contributed by atoms with Crippen molar-refractivity contribution in [2.45, 2.75) is 20.3 Å². The Balaban J connectivity index is 2.24. The van der Waals surface area contributed by atoms with Crippen LogP contribution in [-0.4, -0.2) is 19.6 Å². The van der Waals surface area contributed by atoms with E-state index in [4.69, 9.17) is 4.74 Å². The Kier molecular flexibility index (Phi) is 3.42. The number of ether oxygens (including phenoxy) is 1. The van der Waals surface area contributed by atoms with Crippen molar-refractivity contribution in [2.24, 2.45) is 0 Å². The van der Waals surface area contributed by atoms with Crippen LogP contribution < -0.4 is 9.64 Å². The van der Waals surface area contributed by atoms with Crippen LogP contribution in [0.25, 0.3) is 11.1 Å². The third-order valence-electron chi connectivity index (χ3n) is 4.07. The Morgan fingerprint density at radius 2 is 1.95 bits per heavy atom. The molecule has 108 valence electrons. The summed E-state index contributed by atoms with van der Waals surface area (Å²) < 4.78 is 5.53. The van der Waals surface area contributed by atoms with E-state index in [0.717, 1.165) is 29.7 Å². The maximum absolute atomic E-state index is 11.5. The van der Waals surface area contributed by atoms with E-state index in [1.807, 2.05) is 37.3 Å². The van der Waals surface area contributed by atoms with Crippen molar-refractivity contribution < 1.29 is 9.53 Å². The summed E-state index contributed by atoms with van der Waals surface area (Å²) in [5.74, 6) is 0.421. The minimum atomic E-state index is -0.276. The molecule has 1 aliphatic heterocycles. The van der Waals surface area contributed by atoms with Gasteiger partial charge in [-0.25, -0.2) is 0 Å². The molecular weight excluding hydrogens is 262 g/mol. The van der Waals surface area contributed by atoms with Crippen molar-refractivity contribution in [1.82, 2.24) is 0 Å². The number of likely N-dealkylation sites (N-methyl/N-ethyl adjacent to an activating group) is 1. The third kappa shape index (κ3) is 2.40. The number of fused-ring (bicyclic) bond motifs is 1. The predicted octanol–water partition coefficient (Wildman–Crippen LogP) is 3.58. The molecule has 21 heavy (non-hydrogen) atoms. The summed E-state index contributed by atoms with van der Waals surface area (Å²) >= 11 is 0. The topological polar surface area (TPSA) is 29.5 Å². The summed E-state index contributed by atoms with van der Waals surface area (Å²) in [6.07, 6.45) is 1.00. The molecule has 3 heteroatoms. The fraction of sp³-hybridized carbons (Fsp3) is 0.278. The fourth-order valence-electron chi connectivity index (χ4n) is 2.98. The molecule has 0 saturated heterocycles. The lowest BCUT2D eigenvalue weighted by atomic mass is 9.96. The molecule has 3 nitrogen and oxygen atoms in total. The zero-order chi connectivity index (χ0) is 15.0. The molecule has 0 fully saturated rings. The van der Waals surface area contributed by atoms with Gasteiger partial charge in [-0.2, -0.15) is 0 Å². The standard InChI is InChI=1S/C18H19NO2/c1-12-15-9-10-19(3)17(15)11-16(18(12)21-13(2)20)14-7-5-4-6-8-14/h4-8,11H,9-10H2,1-3H3. The lowest BCUT2D eigenvalue weighted by molar-refractivity contribution is -0.131. The maximum atomic E-state index is 11.5. The van der Waals surface area contributed by atoms with E-state index < -0.39 is 0 Å². The van der Waals surface area contributed by atoms with Gasteiger partial charge in [0.15, 0.2) is 0 Å². The van der Waals surface area contributed by atoms with Crippen LogP contribution in [0.1, 0.15) is 18.1 Å². The first kappa shape index (κ1) is 13.7. The van der Waals surface area contributed by atoms with E-state index in [9.17, 15) is 4.79 Å². The lowest BCUT2D eigenvalue weighted by Crippen LogP contribution is -2.12. The largest absolute Gasteiger partial charge is 0.426 e. The SMILES string of the molecule is CC(=O)Oc1c(-c2ccccc2)cc2c(c1C)CCN2C. The number of rotatable bonds is 2. The molecule has 3 rings (SSSR count).